The van der Waals surface area contributed by atoms with Crippen LogP contribution in [0.15, 0.2) is 12.1 Å². The lowest BCUT2D eigenvalue weighted by Crippen LogP contribution is -2.39. The van der Waals surface area contributed by atoms with E-state index in [1.807, 2.05) is 6.92 Å². The fourth-order valence-corrected chi connectivity index (χ4v) is 1.86. The summed E-state index contributed by atoms with van der Waals surface area (Å²) in [4.78, 5) is 15.6. The minimum Gasteiger partial charge on any atom is -0.460 e. The van der Waals surface area contributed by atoms with Crippen molar-refractivity contribution >= 4 is 29.2 Å². The van der Waals surface area contributed by atoms with Gasteiger partial charge in [0.2, 0.25) is 0 Å². The zero-order valence-corrected chi connectivity index (χ0v) is 12.3. The van der Waals surface area contributed by atoms with Crippen molar-refractivity contribution in [1.82, 2.24) is 10.3 Å². The second-order valence-corrected chi connectivity index (χ2v) is 4.50. The van der Waals surface area contributed by atoms with E-state index in [4.69, 9.17) is 32.7 Å². The van der Waals surface area contributed by atoms with Gasteiger partial charge in [0.05, 0.1) is 6.61 Å². The number of rotatable bonds is 7. The van der Waals surface area contributed by atoms with Crippen molar-refractivity contribution < 1.29 is 14.3 Å². The van der Waals surface area contributed by atoms with E-state index in [-0.39, 0.29) is 29.5 Å². The largest absolute Gasteiger partial charge is 0.460 e. The summed E-state index contributed by atoms with van der Waals surface area (Å²) in [5.74, 6) is -0.389. The third kappa shape index (κ3) is 5.74. The molecule has 1 aromatic heterocycles. The normalized spacial score (nSPS) is 12.2. The van der Waals surface area contributed by atoms with E-state index in [1.54, 1.807) is 19.2 Å². The first-order valence-electron chi connectivity index (χ1n) is 5.80. The number of esters is 1. The maximum absolute atomic E-state index is 11.8. The Balaban J connectivity index is 2.52. The van der Waals surface area contributed by atoms with Crippen LogP contribution >= 0.6 is 23.2 Å². The minimum absolute atomic E-state index is 0.0884. The van der Waals surface area contributed by atoms with Crippen molar-refractivity contribution in [2.75, 3.05) is 20.3 Å². The number of hydrogen-bond donors (Lipinski definition) is 1. The molecule has 0 amide bonds. The molecule has 0 radical (unpaired) electrons. The predicted octanol–water partition coefficient (Wildman–Crippen LogP) is 2.06. The zero-order valence-electron chi connectivity index (χ0n) is 10.8. The Kier molecular flexibility index (Phi) is 7.09. The second-order valence-electron chi connectivity index (χ2n) is 3.73. The van der Waals surface area contributed by atoms with Gasteiger partial charge in [-0.1, -0.05) is 23.2 Å². The maximum atomic E-state index is 11.8. The van der Waals surface area contributed by atoms with Gasteiger partial charge in [0, 0.05) is 6.61 Å². The topological polar surface area (TPSA) is 60.5 Å². The summed E-state index contributed by atoms with van der Waals surface area (Å²) in [7, 11) is 1.67. The number of hydrogen-bond acceptors (Lipinski definition) is 5. The molecule has 0 bridgehead atoms. The molecular formula is C12H16Cl2N2O3. The number of likely N-dealkylation sites (N-methyl/N-ethyl adjacent to an activating group) is 1. The number of aromatic nitrogens is 1. The Morgan fingerprint density at radius 3 is 2.58 bits per heavy atom. The van der Waals surface area contributed by atoms with E-state index in [0.717, 1.165) is 0 Å². The molecule has 5 nitrogen and oxygen atoms in total. The highest BCUT2D eigenvalue weighted by molar-refractivity contribution is 6.32. The van der Waals surface area contributed by atoms with Gasteiger partial charge in [0.15, 0.2) is 0 Å². The molecule has 0 aliphatic rings. The van der Waals surface area contributed by atoms with E-state index in [2.05, 4.69) is 10.3 Å². The van der Waals surface area contributed by atoms with Crippen molar-refractivity contribution in [2.45, 2.75) is 19.6 Å². The van der Waals surface area contributed by atoms with Crippen molar-refractivity contribution in [2.24, 2.45) is 0 Å². The number of carbonyl (C=O) groups excluding carboxylic acids is 1. The first-order valence-corrected chi connectivity index (χ1v) is 6.56. The van der Waals surface area contributed by atoms with Gasteiger partial charge < -0.3 is 14.8 Å². The maximum Gasteiger partial charge on any atom is 0.325 e. The van der Waals surface area contributed by atoms with E-state index < -0.39 is 6.04 Å². The first-order chi connectivity index (χ1) is 9.06. The first kappa shape index (κ1) is 16.2. The number of halogens is 2. The standard InChI is InChI=1S/C12H16Cl2N2O3/c1-3-18-7-9(15-2)12(17)19-6-8-4-10(13)16-11(14)5-8/h4-5,9,15H,3,6-7H2,1-2H3/t9-/m0/s1. The van der Waals surface area contributed by atoms with Crippen LogP contribution in [-0.4, -0.2) is 37.3 Å². The SMILES string of the molecule is CCOC[C@H](NC)C(=O)OCc1cc(Cl)nc(Cl)c1. The lowest BCUT2D eigenvalue weighted by molar-refractivity contribution is -0.149. The Morgan fingerprint density at radius 1 is 1.42 bits per heavy atom. The molecule has 1 aromatic rings. The van der Waals surface area contributed by atoms with Crippen LogP contribution in [0.1, 0.15) is 12.5 Å². The lowest BCUT2D eigenvalue weighted by Gasteiger charge is -2.15. The van der Waals surface area contributed by atoms with Gasteiger partial charge in [-0.15, -0.1) is 0 Å². The third-order valence-corrected chi connectivity index (χ3v) is 2.71. The minimum atomic E-state index is -0.493. The molecule has 0 aliphatic carbocycles. The van der Waals surface area contributed by atoms with Crippen LogP contribution in [0.5, 0.6) is 0 Å². The van der Waals surface area contributed by atoms with Crippen LogP contribution < -0.4 is 5.32 Å². The van der Waals surface area contributed by atoms with Gasteiger partial charge in [-0.3, -0.25) is 4.79 Å². The summed E-state index contributed by atoms with van der Waals surface area (Å²) >= 11 is 11.5. The summed E-state index contributed by atoms with van der Waals surface area (Å²) in [6.07, 6.45) is 0. The Labute approximate surface area is 122 Å². The van der Waals surface area contributed by atoms with Gasteiger partial charge in [-0.2, -0.15) is 0 Å². The number of pyridine rings is 1. The number of nitrogens with one attached hydrogen (secondary N) is 1. The summed E-state index contributed by atoms with van der Waals surface area (Å²) in [6.45, 7) is 2.76. The monoisotopic (exact) mass is 306 g/mol. The third-order valence-electron chi connectivity index (χ3n) is 2.33. The highest BCUT2D eigenvalue weighted by Gasteiger charge is 2.18. The van der Waals surface area contributed by atoms with Crippen molar-refractivity contribution in [1.29, 1.82) is 0 Å². The molecule has 1 rings (SSSR count). The van der Waals surface area contributed by atoms with Gasteiger partial charge in [0.25, 0.3) is 0 Å². The molecule has 1 N–H and O–H groups in total. The zero-order chi connectivity index (χ0) is 14.3. The Bertz CT molecular complexity index is 409. The highest BCUT2D eigenvalue weighted by atomic mass is 35.5. The number of ether oxygens (including phenoxy) is 2. The molecule has 0 aromatic carbocycles. The molecule has 106 valence electrons. The molecule has 0 saturated carbocycles. The predicted molar refractivity (Wildman–Crippen MR) is 73.4 cm³/mol. The average molecular weight is 307 g/mol. The van der Waals surface area contributed by atoms with Crippen molar-refractivity contribution in [3.63, 3.8) is 0 Å². The lowest BCUT2D eigenvalue weighted by atomic mass is 10.3. The van der Waals surface area contributed by atoms with Crippen LogP contribution in [0, 0.1) is 0 Å². The second kappa shape index (κ2) is 8.32. The molecule has 1 heterocycles. The van der Waals surface area contributed by atoms with Gasteiger partial charge in [-0.25, -0.2) is 4.98 Å². The fraction of sp³-hybridized carbons (Fsp3) is 0.500. The van der Waals surface area contributed by atoms with Crippen LogP contribution in [0.3, 0.4) is 0 Å². The van der Waals surface area contributed by atoms with Crippen LogP contribution in [-0.2, 0) is 20.9 Å². The van der Waals surface area contributed by atoms with Crippen LogP contribution in [0.4, 0.5) is 0 Å². The van der Waals surface area contributed by atoms with Gasteiger partial charge in [0.1, 0.15) is 23.0 Å². The molecule has 7 heteroatoms. The Hall–Kier alpha value is -0.880. The van der Waals surface area contributed by atoms with Crippen molar-refractivity contribution in [3.8, 4) is 0 Å². The summed E-state index contributed by atoms with van der Waals surface area (Å²) in [5, 5.41) is 3.36. The molecule has 0 spiro atoms. The summed E-state index contributed by atoms with van der Waals surface area (Å²) in [6, 6.07) is 2.70. The van der Waals surface area contributed by atoms with E-state index >= 15 is 0 Å². The number of carbonyl (C=O) groups is 1. The molecular weight excluding hydrogens is 291 g/mol. The van der Waals surface area contributed by atoms with E-state index in [0.29, 0.717) is 12.2 Å². The van der Waals surface area contributed by atoms with Crippen molar-refractivity contribution in [3.05, 3.63) is 28.0 Å². The van der Waals surface area contributed by atoms with Crippen LogP contribution in [0.2, 0.25) is 10.3 Å². The fourth-order valence-electron chi connectivity index (χ4n) is 1.36. The Morgan fingerprint density at radius 2 is 2.05 bits per heavy atom. The molecule has 1 atom stereocenters. The quantitative estimate of drug-likeness (QED) is 0.617. The van der Waals surface area contributed by atoms with E-state index in [1.165, 1.54) is 0 Å². The molecule has 0 aliphatic heterocycles. The van der Waals surface area contributed by atoms with Crippen LogP contribution in [0.25, 0.3) is 0 Å². The highest BCUT2D eigenvalue weighted by Crippen LogP contribution is 2.15. The van der Waals surface area contributed by atoms with Gasteiger partial charge in [-0.05, 0) is 31.7 Å². The number of nitrogens with zero attached hydrogens (tertiary/aromatic N) is 1. The molecule has 19 heavy (non-hydrogen) atoms. The van der Waals surface area contributed by atoms with E-state index in [9.17, 15) is 4.79 Å². The average Bonchev–Trinajstić information content (AvgIpc) is 2.36. The van der Waals surface area contributed by atoms with Gasteiger partial charge >= 0.3 is 5.97 Å². The molecule has 0 unspecified atom stereocenters. The smallest absolute Gasteiger partial charge is 0.325 e. The summed E-state index contributed by atoms with van der Waals surface area (Å²) < 4.78 is 10.3. The molecule has 0 fully saturated rings. The molecule has 0 saturated heterocycles. The summed E-state index contributed by atoms with van der Waals surface area (Å²) in [5.41, 5.74) is 0.685.